The van der Waals surface area contributed by atoms with Crippen molar-refractivity contribution in [3.05, 3.63) is 29.8 Å². The van der Waals surface area contributed by atoms with E-state index in [-0.39, 0.29) is 29.4 Å². The molecular formula is C23H37N3O5S. The van der Waals surface area contributed by atoms with Gasteiger partial charge in [0.15, 0.2) is 0 Å². The van der Waals surface area contributed by atoms with E-state index in [9.17, 15) is 18.0 Å². The van der Waals surface area contributed by atoms with E-state index in [0.717, 1.165) is 18.4 Å². The van der Waals surface area contributed by atoms with Crippen LogP contribution < -0.4 is 10.0 Å². The Morgan fingerprint density at radius 1 is 1.19 bits per heavy atom. The Morgan fingerprint density at radius 3 is 2.31 bits per heavy atom. The molecule has 1 aromatic carbocycles. The summed E-state index contributed by atoms with van der Waals surface area (Å²) < 4.78 is 33.4. The normalized spacial score (nSPS) is 17.9. The van der Waals surface area contributed by atoms with Crippen LogP contribution in [0.15, 0.2) is 29.2 Å². The number of sulfonamides is 1. The molecule has 1 aliphatic heterocycles. The third-order valence-corrected chi connectivity index (χ3v) is 6.64. The smallest absolute Gasteiger partial charge is 0.243 e. The first kappa shape index (κ1) is 26.3. The monoisotopic (exact) mass is 467 g/mol. The Kier molecular flexibility index (Phi) is 8.84. The van der Waals surface area contributed by atoms with E-state index >= 15 is 0 Å². The lowest BCUT2D eigenvalue weighted by Gasteiger charge is -2.36. The van der Waals surface area contributed by atoms with Gasteiger partial charge in [-0.2, -0.15) is 0 Å². The Balaban J connectivity index is 2.22. The quantitative estimate of drug-likeness (QED) is 0.579. The van der Waals surface area contributed by atoms with E-state index in [2.05, 4.69) is 10.0 Å². The Morgan fingerprint density at radius 2 is 1.81 bits per heavy atom. The highest BCUT2D eigenvalue weighted by Crippen LogP contribution is 2.19. The molecule has 0 aromatic heterocycles. The number of aryl methyl sites for hydroxylation is 1. The average Bonchev–Trinajstić information content (AvgIpc) is 3.17. The Bertz CT molecular complexity index is 885. The van der Waals surface area contributed by atoms with Gasteiger partial charge < -0.3 is 15.0 Å². The van der Waals surface area contributed by atoms with Gasteiger partial charge in [0, 0.05) is 18.7 Å². The number of hydrogen-bond donors (Lipinski definition) is 2. The van der Waals surface area contributed by atoms with Crippen molar-refractivity contribution in [3.63, 3.8) is 0 Å². The summed E-state index contributed by atoms with van der Waals surface area (Å²) in [7, 11) is -3.86. The topological polar surface area (TPSA) is 105 Å². The maximum absolute atomic E-state index is 13.2. The van der Waals surface area contributed by atoms with Gasteiger partial charge in [-0.15, -0.1) is 0 Å². The van der Waals surface area contributed by atoms with Gasteiger partial charge in [0.25, 0.3) is 0 Å². The van der Waals surface area contributed by atoms with Crippen LogP contribution >= 0.6 is 0 Å². The molecule has 0 bridgehead atoms. The van der Waals surface area contributed by atoms with Gasteiger partial charge in [-0.1, -0.05) is 31.5 Å². The first-order valence-electron chi connectivity index (χ1n) is 11.1. The van der Waals surface area contributed by atoms with Crippen LogP contribution in [0.25, 0.3) is 0 Å². The molecule has 1 heterocycles. The zero-order valence-electron chi connectivity index (χ0n) is 20.0. The number of hydrogen-bond acceptors (Lipinski definition) is 5. The number of amides is 2. The first-order chi connectivity index (χ1) is 14.8. The second kappa shape index (κ2) is 10.8. The maximum atomic E-state index is 13.2. The minimum Gasteiger partial charge on any atom is -0.376 e. The largest absolute Gasteiger partial charge is 0.376 e. The molecule has 180 valence electrons. The average molecular weight is 468 g/mol. The lowest BCUT2D eigenvalue weighted by molar-refractivity contribution is -0.143. The Hall–Kier alpha value is -1.97. The van der Waals surface area contributed by atoms with E-state index < -0.39 is 34.1 Å². The lowest BCUT2D eigenvalue weighted by atomic mass is 9.98. The minimum atomic E-state index is -3.86. The molecule has 2 N–H and O–H groups in total. The van der Waals surface area contributed by atoms with Crippen LogP contribution in [0.5, 0.6) is 0 Å². The van der Waals surface area contributed by atoms with Crippen molar-refractivity contribution in [2.45, 2.75) is 77.0 Å². The highest BCUT2D eigenvalue weighted by molar-refractivity contribution is 7.89. The van der Waals surface area contributed by atoms with Gasteiger partial charge in [-0.25, -0.2) is 13.1 Å². The standard InChI is InChI=1S/C23H37N3O5S/c1-16(2)21(22(28)25-23(4,5)6)26(15-18-8-7-13-31-18)20(27)14-24-32(29,30)19-11-9-17(3)10-12-19/h9-12,16,18,21,24H,7-8,13-15H2,1-6H3,(H,25,28). The highest BCUT2D eigenvalue weighted by atomic mass is 32.2. The molecule has 1 aromatic rings. The van der Waals surface area contributed by atoms with Crippen molar-refractivity contribution in [2.24, 2.45) is 5.92 Å². The molecule has 9 heteroatoms. The highest BCUT2D eigenvalue weighted by Gasteiger charge is 2.36. The van der Waals surface area contributed by atoms with E-state index in [1.807, 2.05) is 41.5 Å². The molecule has 2 atom stereocenters. The van der Waals surface area contributed by atoms with Crippen LogP contribution in [0.3, 0.4) is 0 Å². The van der Waals surface area contributed by atoms with Crippen LogP contribution in [0.2, 0.25) is 0 Å². The first-order valence-corrected chi connectivity index (χ1v) is 12.6. The number of ether oxygens (including phenoxy) is 1. The molecule has 2 unspecified atom stereocenters. The minimum absolute atomic E-state index is 0.0902. The summed E-state index contributed by atoms with van der Waals surface area (Å²) in [6.45, 7) is 11.7. The number of carbonyl (C=O) groups excluding carboxylic acids is 2. The van der Waals surface area contributed by atoms with Crippen LogP contribution in [0.4, 0.5) is 0 Å². The molecular weight excluding hydrogens is 430 g/mol. The van der Waals surface area contributed by atoms with Crippen molar-refractivity contribution in [1.82, 2.24) is 14.9 Å². The van der Waals surface area contributed by atoms with Gasteiger partial charge in [0.05, 0.1) is 17.5 Å². The molecule has 0 saturated carbocycles. The number of nitrogens with zero attached hydrogens (tertiary/aromatic N) is 1. The fourth-order valence-electron chi connectivity index (χ4n) is 3.68. The molecule has 2 amide bonds. The summed E-state index contributed by atoms with van der Waals surface area (Å²) in [4.78, 5) is 27.9. The van der Waals surface area contributed by atoms with Crippen LogP contribution in [-0.2, 0) is 24.3 Å². The number of rotatable bonds is 9. The van der Waals surface area contributed by atoms with Crippen molar-refractivity contribution >= 4 is 21.8 Å². The summed E-state index contributed by atoms with van der Waals surface area (Å²) in [5, 5.41) is 2.95. The van der Waals surface area contributed by atoms with E-state index in [1.165, 1.54) is 17.0 Å². The van der Waals surface area contributed by atoms with Gasteiger partial charge in [-0.05, 0) is 58.6 Å². The van der Waals surface area contributed by atoms with Crippen LogP contribution in [0.1, 0.15) is 53.0 Å². The summed E-state index contributed by atoms with van der Waals surface area (Å²) >= 11 is 0. The third-order valence-electron chi connectivity index (χ3n) is 5.22. The predicted octanol–water partition coefficient (Wildman–Crippen LogP) is 2.22. The SMILES string of the molecule is Cc1ccc(S(=O)(=O)NCC(=O)N(CC2CCCO2)C(C(=O)NC(C)(C)C)C(C)C)cc1. The molecule has 0 aliphatic carbocycles. The predicted molar refractivity (Wildman–Crippen MR) is 124 cm³/mol. The summed E-state index contributed by atoms with van der Waals surface area (Å²) in [5.74, 6) is -0.893. The van der Waals surface area contributed by atoms with Crippen molar-refractivity contribution in [1.29, 1.82) is 0 Å². The van der Waals surface area contributed by atoms with Crippen molar-refractivity contribution < 1.29 is 22.7 Å². The molecule has 0 radical (unpaired) electrons. The van der Waals surface area contributed by atoms with E-state index in [4.69, 9.17) is 4.74 Å². The summed E-state index contributed by atoms with van der Waals surface area (Å²) in [6, 6.07) is 5.66. The van der Waals surface area contributed by atoms with E-state index in [1.54, 1.807) is 12.1 Å². The number of nitrogens with one attached hydrogen (secondary N) is 2. The molecule has 0 spiro atoms. The maximum Gasteiger partial charge on any atom is 0.243 e. The zero-order chi connectivity index (χ0) is 24.1. The zero-order valence-corrected chi connectivity index (χ0v) is 20.8. The molecule has 8 nitrogen and oxygen atoms in total. The summed E-state index contributed by atoms with van der Waals surface area (Å²) in [5.41, 5.74) is 0.475. The number of carbonyl (C=O) groups is 2. The van der Waals surface area contributed by atoms with Gasteiger partial charge >= 0.3 is 0 Å². The molecule has 1 saturated heterocycles. The number of benzene rings is 1. The lowest BCUT2D eigenvalue weighted by Crippen LogP contribution is -2.58. The second-order valence-corrected chi connectivity index (χ2v) is 11.5. The van der Waals surface area contributed by atoms with Gasteiger partial charge in [-0.3, -0.25) is 9.59 Å². The second-order valence-electron chi connectivity index (χ2n) is 9.75. The summed E-state index contributed by atoms with van der Waals surface area (Å²) in [6.07, 6.45) is 1.52. The Labute approximate surface area is 192 Å². The van der Waals surface area contributed by atoms with Gasteiger partial charge in [0.2, 0.25) is 21.8 Å². The molecule has 32 heavy (non-hydrogen) atoms. The van der Waals surface area contributed by atoms with E-state index in [0.29, 0.717) is 6.61 Å². The van der Waals surface area contributed by atoms with Crippen molar-refractivity contribution in [2.75, 3.05) is 19.7 Å². The van der Waals surface area contributed by atoms with Crippen LogP contribution in [0, 0.1) is 12.8 Å². The van der Waals surface area contributed by atoms with Crippen molar-refractivity contribution in [3.8, 4) is 0 Å². The van der Waals surface area contributed by atoms with Crippen LogP contribution in [-0.4, -0.2) is 62.5 Å². The molecule has 2 rings (SSSR count). The third kappa shape index (κ3) is 7.56. The fourth-order valence-corrected chi connectivity index (χ4v) is 4.66. The molecule has 1 aliphatic rings. The van der Waals surface area contributed by atoms with Gasteiger partial charge in [0.1, 0.15) is 6.04 Å². The fraction of sp³-hybridized carbons (Fsp3) is 0.652. The molecule has 1 fully saturated rings.